The van der Waals surface area contributed by atoms with E-state index >= 15 is 0 Å². The van der Waals surface area contributed by atoms with Crippen molar-refractivity contribution in [2.45, 2.75) is 6.42 Å². The molecule has 2 aromatic carbocycles. The molecule has 2 aromatic rings. The summed E-state index contributed by atoms with van der Waals surface area (Å²) in [5, 5.41) is 2.62. The molecule has 0 heterocycles. The van der Waals surface area contributed by atoms with Gasteiger partial charge in [0.2, 0.25) is 10.0 Å². The third-order valence-electron chi connectivity index (χ3n) is 3.85. The Morgan fingerprint density at radius 3 is 2.41 bits per heavy atom. The molecule has 1 N–H and O–H groups in total. The predicted molar refractivity (Wildman–Crippen MR) is 101 cm³/mol. The molecule has 0 aliphatic heterocycles. The van der Waals surface area contributed by atoms with Gasteiger partial charge >= 0.3 is 0 Å². The number of hydrogen-bond acceptors (Lipinski definition) is 4. The quantitative estimate of drug-likeness (QED) is 0.667. The maximum absolute atomic E-state index is 13.7. The van der Waals surface area contributed by atoms with Gasteiger partial charge in [0.1, 0.15) is 11.6 Å². The average Bonchev–Trinajstić information content (AvgIpc) is 2.64. The van der Waals surface area contributed by atoms with E-state index in [1.165, 1.54) is 10.4 Å². The lowest BCUT2D eigenvalue weighted by Crippen LogP contribution is -2.40. The van der Waals surface area contributed by atoms with Crippen LogP contribution in [0.4, 0.5) is 4.39 Å². The molecule has 0 aliphatic rings. The normalized spacial score (nSPS) is 11.4. The van der Waals surface area contributed by atoms with Crippen molar-refractivity contribution < 1.29 is 22.3 Å². The van der Waals surface area contributed by atoms with Gasteiger partial charge in [0.25, 0.3) is 5.91 Å². The highest BCUT2D eigenvalue weighted by atomic mass is 32.2. The molecule has 0 aromatic heterocycles. The van der Waals surface area contributed by atoms with Gasteiger partial charge in [-0.15, -0.1) is 0 Å². The van der Waals surface area contributed by atoms with E-state index in [0.717, 1.165) is 6.26 Å². The van der Waals surface area contributed by atoms with Crippen LogP contribution in [0, 0.1) is 5.82 Å². The van der Waals surface area contributed by atoms with E-state index in [-0.39, 0.29) is 44.4 Å². The monoisotopic (exact) mass is 394 g/mol. The van der Waals surface area contributed by atoms with Crippen LogP contribution >= 0.6 is 0 Å². The highest BCUT2D eigenvalue weighted by Crippen LogP contribution is 2.09. The third kappa shape index (κ3) is 7.36. The summed E-state index contributed by atoms with van der Waals surface area (Å²) < 4.78 is 44.1. The molecule has 6 nitrogen and oxygen atoms in total. The maximum atomic E-state index is 13.7. The number of amides is 1. The van der Waals surface area contributed by atoms with Crippen LogP contribution < -0.4 is 10.1 Å². The number of halogens is 1. The molecular formula is C19H23FN2O4S. The predicted octanol–water partition coefficient (Wildman–Crippen LogP) is 1.83. The van der Waals surface area contributed by atoms with Crippen molar-refractivity contribution in [3.8, 4) is 5.75 Å². The molecule has 0 atom stereocenters. The van der Waals surface area contributed by atoms with E-state index in [1.807, 2.05) is 6.07 Å². The van der Waals surface area contributed by atoms with Crippen LogP contribution in [0.3, 0.4) is 0 Å². The molecule has 0 saturated heterocycles. The van der Waals surface area contributed by atoms with Crippen molar-refractivity contribution in [2.75, 3.05) is 32.5 Å². The first-order valence-electron chi connectivity index (χ1n) is 8.49. The SMILES string of the molecule is CS(=O)(=O)N(CCNC(=O)COc1ccccc1)CCc1ccccc1F. The number of nitrogens with one attached hydrogen (secondary N) is 1. The van der Waals surface area contributed by atoms with Crippen molar-refractivity contribution >= 4 is 15.9 Å². The second-order valence-electron chi connectivity index (χ2n) is 5.96. The molecule has 1 amide bonds. The minimum atomic E-state index is -3.47. The van der Waals surface area contributed by atoms with Gasteiger partial charge in [-0.3, -0.25) is 4.79 Å². The van der Waals surface area contributed by atoms with E-state index in [0.29, 0.717) is 11.3 Å². The van der Waals surface area contributed by atoms with Gasteiger partial charge in [0.15, 0.2) is 6.61 Å². The summed E-state index contributed by atoms with van der Waals surface area (Å²) in [5.41, 5.74) is 0.450. The van der Waals surface area contributed by atoms with Gasteiger partial charge in [-0.25, -0.2) is 17.1 Å². The topological polar surface area (TPSA) is 75.7 Å². The van der Waals surface area contributed by atoms with E-state index in [1.54, 1.807) is 42.5 Å². The fraction of sp³-hybridized carbons (Fsp3) is 0.316. The first-order valence-corrected chi connectivity index (χ1v) is 10.3. The lowest BCUT2D eigenvalue weighted by atomic mass is 10.1. The number of carbonyl (C=O) groups excluding carboxylic acids is 1. The summed E-state index contributed by atoms with van der Waals surface area (Å²) >= 11 is 0. The Labute approximate surface area is 159 Å². The molecule has 0 unspecified atom stereocenters. The highest BCUT2D eigenvalue weighted by molar-refractivity contribution is 7.88. The molecule has 0 radical (unpaired) electrons. The number of para-hydroxylation sites is 1. The van der Waals surface area contributed by atoms with Crippen LogP contribution in [0.1, 0.15) is 5.56 Å². The van der Waals surface area contributed by atoms with Gasteiger partial charge in [0, 0.05) is 19.6 Å². The smallest absolute Gasteiger partial charge is 0.257 e. The molecule has 0 aliphatic carbocycles. The Hall–Kier alpha value is -2.45. The van der Waals surface area contributed by atoms with Gasteiger partial charge in [-0.2, -0.15) is 0 Å². The number of ether oxygens (including phenoxy) is 1. The zero-order chi connectivity index (χ0) is 19.7. The second-order valence-corrected chi connectivity index (χ2v) is 7.94. The molecule has 146 valence electrons. The van der Waals surface area contributed by atoms with Crippen LogP contribution in [0.15, 0.2) is 54.6 Å². The van der Waals surface area contributed by atoms with Crippen LogP contribution in [0.2, 0.25) is 0 Å². The summed E-state index contributed by atoms with van der Waals surface area (Å²) in [4.78, 5) is 11.8. The third-order valence-corrected chi connectivity index (χ3v) is 5.16. The number of benzene rings is 2. The van der Waals surface area contributed by atoms with Gasteiger partial charge in [-0.05, 0) is 30.2 Å². The number of rotatable bonds is 10. The zero-order valence-corrected chi connectivity index (χ0v) is 15.9. The molecule has 8 heteroatoms. The minimum absolute atomic E-state index is 0.102. The molecule has 0 saturated carbocycles. The summed E-state index contributed by atoms with van der Waals surface area (Å²) in [6.45, 7) is 0.222. The molecule has 0 spiro atoms. The molecule has 27 heavy (non-hydrogen) atoms. The summed E-state index contributed by atoms with van der Waals surface area (Å²) in [5.74, 6) is -0.131. The maximum Gasteiger partial charge on any atom is 0.257 e. The number of carbonyl (C=O) groups is 1. The first-order chi connectivity index (χ1) is 12.9. The Bertz CT molecular complexity index is 844. The molecular weight excluding hydrogens is 371 g/mol. The van der Waals surface area contributed by atoms with Gasteiger partial charge in [-0.1, -0.05) is 36.4 Å². The number of sulfonamides is 1. The number of nitrogens with zero attached hydrogens (tertiary/aromatic N) is 1. The molecule has 0 bridgehead atoms. The van der Waals surface area contributed by atoms with Crippen molar-refractivity contribution in [1.82, 2.24) is 9.62 Å². The Morgan fingerprint density at radius 1 is 1.07 bits per heavy atom. The Balaban J connectivity index is 1.79. The molecule has 0 fully saturated rings. The second kappa shape index (κ2) is 10.0. The van der Waals surface area contributed by atoms with Gasteiger partial charge < -0.3 is 10.1 Å². The Kier molecular flexibility index (Phi) is 7.75. The summed E-state index contributed by atoms with van der Waals surface area (Å²) in [7, 11) is -3.47. The summed E-state index contributed by atoms with van der Waals surface area (Å²) in [6, 6.07) is 15.2. The van der Waals surface area contributed by atoms with Crippen molar-refractivity contribution in [3.05, 3.63) is 66.0 Å². The van der Waals surface area contributed by atoms with E-state index in [2.05, 4.69) is 5.32 Å². The van der Waals surface area contributed by atoms with Crippen LogP contribution in [-0.4, -0.2) is 51.1 Å². The highest BCUT2D eigenvalue weighted by Gasteiger charge is 2.17. The van der Waals surface area contributed by atoms with E-state index in [9.17, 15) is 17.6 Å². The van der Waals surface area contributed by atoms with E-state index < -0.39 is 10.0 Å². The number of hydrogen-bond donors (Lipinski definition) is 1. The van der Waals surface area contributed by atoms with Crippen molar-refractivity contribution in [3.63, 3.8) is 0 Å². The lowest BCUT2D eigenvalue weighted by Gasteiger charge is -2.20. The van der Waals surface area contributed by atoms with E-state index in [4.69, 9.17) is 4.74 Å². The first kappa shape index (κ1) is 20.9. The fourth-order valence-corrected chi connectivity index (χ4v) is 3.27. The van der Waals surface area contributed by atoms with Crippen LogP contribution in [0.25, 0.3) is 0 Å². The van der Waals surface area contributed by atoms with Gasteiger partial charge in [0.05, 0.1) is 6.26 Å². The van der Waals surface area contributed by atoms with Crippen LogP contribution in [0.5, 0.6) is 5.75 Å². The minimum Gasteiger partial charge on any atom is -0.484 e. The molecule has 2 rings (SSSR count). The zero-order valence-electron chi connectivity index (χ0n) is 15.1. The summed E-state index contributed by atoms with van der Waals surface area (Å²) in [6.07, 6.45) is 1.35. The average molecular weight is 394 g/mol. The van der Waals surface area contributed by atoms with Crippen LogP contribution in [-0.2, 0) is 21.2 Å². The lowest BCUT2D eigenvalue weighted by molar-refractivity contribution is -0.123. The Morgan fingerprint density at radius 2 is 1.74 bits per heavy atom. The standard InChI is InChI=1S/C19H23FN2O4S/c1-27(24,25)22(13-11-16-7-5-6-10-18(16)20)14-12-21-19(23)15-26-17-8-3-2-4-9-17/h2-10H,11-15H2,1H3,(H,21,23). The fourth-order valence-electron chi connectivity index (χ4n) is 2.43. The van der Waals surface area contributed by atoms with Crippen molar-refractivity contribution in [2.24, 2.45) is 0 Å². The van der Waals surface area contributed by atoms with Crippen molar-refractivity contribution in [1.29, 1.82) is 0 Å². The largest absolute Gasteiger partial charge is 0.484 e.